The van der Waals surface area contributed by atoms with E-state index in [4.69, 9.17) is 14.7 Å². The van der Waals surface area contributed by atoms with Crippen LogP contribution in [0.2, 0.25) is 0 Å². The topological polar surface area (TPSA) is 240 Å². The molecule has 16 nitrogen and oxygen atoms in total. The van der Waals surface area contributed by atoms with Crippen molar-refractivity contribution < 1.29 is 43.9 Å². The zero-order chi connectivity index (χ0) is 29.9. The normalized spacial score (nSPS) is 12.0. The number of sulfone groups is 1. The van der Waals surface area contributed by atoms with Gasteiger partial charge in [0.2, 0.25) is 15.5 Å². The second-order valence-corrected chi connectivity index (χ2v) is 10.1. The lowest BCUT2D eigenvalue weighted by Gasteiger charge is -2.37. The fourth-order valence-corrected chi connectivity index (χ4v) is 4.81. The van der Waals surface area contributed by atoms with Crippen molar-refractivity contribution in [1.29, 1.82) is 0 Å². The van der Waals surface area contributed by atoms with Crippen molar-refractivity contribution >= 4 is 32.6 Å². The molecule has 4 aromatic rings. The van der Waals surface area contributed by atoms with Gasteiger partial charge in [0, 0.05) is 11.8 Å². The molecule has 0 saturated heterocycles. The molecule has 0 aliphatic rings. The Morgan fingerprint density at radius 2 is 1.17 bits per heavy atom. The smallest absolute Gasteiger partial charge is 0.208 e. The average Bonchev–Trinajstić information content (AvgIpc) is 2.93. The number of nitrogens with one attached hydrogen (secondary N) is 1. The number of quaternary nitrogens is 1. The number of hydrogen-bond donors (Lipinski definition) is 5. The summed E-state index contributed by atoms with van der Waals surface area (Å²) in [6.07, 6.45) is 0. The van der Waals surface area contributed by atoms with Crippen molar-refractivity contribution in [2.75, 3.05) is 15.7 Å². The van der Waals surface area contributed by atoms with Gasteiger partial charge in [-0.1, -0.05) is 0 Å². The van der Waals surface area contributed by atoms with Gasteiger partial charge in [0.05, 0.1) is 15.5 Å². The van der Waals surface area contributed by atoms with Crippen LogP contribution in [0.3, 0.4) is 0 Å². The van der Waals surface area contributed by atoms with E-state index in [-0.39, 0.29) is 44.8 Å². The summed E-state index contributed by atoms with van der Waals surface area (Å²) in [6.45, 7) is 0. The molecular formula is C24H19N4O12S-3. The second-order valence-electron chi connectivity index (χ2n) is 8.11. The first-order chi connectivity index (χ1) is 19.4. The summed E-state index contributed by atoms with van der Waals surface area (Å²) in [6, 6.07) is 15.9. The number of nitrogens with zero attached hydrogens (tertiary/aromatic N) is 3. The molecule has 0 saturated carbocycles. The first-order valence-electron chi connectivity index (χ1n) is 11.2. The molecule has 4 aromatic carbocycles. The van der Waals surface area contributed by atoms with Gasteiger partial charge < -0.3 is 40.8 Å². The zero-order valence-corrected chi connectivity index (χ0v) is 21.2. The van der Waals surface area contributed by atoms with Crippen LogP contribution in [0.4, 0.5) is 22.7 Å². The molecule has 0 fully saturated rings. The van der Waals surface area contributed by atoms with E-state index in [0.717, 1.165) is 48.5 Å². The minimum atomic E-state index is -4.43. The van der Waals surface area contributed by atoms with Gasteiger partial charge >= 0.3 is 0 Å². The minimum absolute atomic E-state index is 0.0763. The Labute approximate surface area is 230 Å². The maximum absolute atomic E-state index is 13.3. The zero-order valence-electron chi connectivity index (χ0n) is 20.4. The predicted octanol–water partition coefficient (Wildman–Crippen LogP) is 3.59. The summed E-state index contributed by atoms with van der Waals surface area (Å²) in [5, 5.41) is 79.6. The van der Waals surface area contributed by atoms with Crippen LogP contribution in [0.1, 0.15) is 0 Å². The maximum atomic E-state index is 13.3. The van der Waals surface area contributed by atoms with E-state index in [9.17, 15) is 44.9 Å². The lowest BCUT2D eigenvalue weighted by molar-refractivity contribution is -0.991. The van der Waals surface area contributed by atoms with Crippen LogP contribution in [0.5, 0.6) is 23.0 Å². The van der Waals surface area contributed by atoms with Gasteiger partial charge in [-0.15, -0.1) is 5.23 Å². The Kier molecular flexibility index (Phi) is 8.56. The van der Waals surface area contributed by atoms with Crippen molar-refractivity contribution in [2.24, 2.45) is 0 Å². The van der Waals surface area contributed by atoms with Crippen molar-refractivity contribution in [1.82, 2.24) is 0 Å². The molecule has 1 unspecified atom stereocenters. The molecule has 0 heterocycles. The van der Waals surface area contributed by atoms with Crippen molar-refractivity contribution in [2.45, 2.75) is 9.79 Å². The van der Waals surface area contributed by atoms with E-state index >= 15 is 0 Å². The van der Waals surface area contributed by atoms with Gasteiger partial charge in [-0.3, -0.25) is 15.6 Å². The molecule has 0 aliphatic heterocycles. The van der Waals surface area contributed by atoms with Gasteiger partial charge in [0.1, 0.15) is 17.2 Å². The van der Waals surface area contributed by atoms with Crippen LogP contribution in [-0.2, 0) is 9.84 Å². The summed E-state index contributed by atoms with van der Waals surface area (Å²) in [5.41, 5.74) is -1.35. The molecule has 0 aromatic heterocycles. The Bertz CT molecular complexity index is 1500. The molecule has 0 amide bonds. The van der Waals surface area contributed by atoms with Crippen LogP contribution in [-0.4, -0.2) is 29.2 Å². The van der Waals surface area contributed by atoms with E-state index in [0.29, 0.717) is 0 Å². The first kappa shape index (κ1) is 29.5. The van der Waals surface area contributed by atoms with E-state index in [1.807, 2.05) is 0 Å². The molecule has 0 spiro atoms. The summed E-state index contributed by atoms with van der Waals surface area (Å²) in [7, 11) is -4.43. The van der Waals surface area contributed by atoms with Crippen molar-refractivity contribution in [3.8, 4) is 23.0 Å². The molecule has 0 aliphatic carbocycles. The minimum Gasteiger partial charge on any atom is -0.769 e. The number of anilines is 3. The highest BCUT2D eigenvalue weighted by molar-refractivity contribution is 7.91. The van der Waals surface area contributed by atoms with E-state index in [1.165, 1.54) is 36.4 Å². The predicted molar refractivity (Wildman–Crippen MR) is 140 cm³/mol. The van der Waals surface area contributed by atoms with E-state index in [1.54, 1.807) is 0 Å². The SMILES string of the molecule is O=S(=O)(c1ccc(Oc2ccc(N([O-])[O-])cc2)c(N(O)O)c1)c1ccc(Oc2ccc(N([O-])O)cc2)c([NH+]([O-])O)c1. The van der Waals surface area contributed by atoms with Crippen LogP contribution < -0.4 is 30.4 Å². The fraction of sp³-hybridized carbons (Fsp3) is 0. The summed E-state index contributed by atoms with van der Waals surface area (Å²) < 4.78 is 37.7. The molecule has 41 heavy (non-hydrogen) atoms. The second kappa shape index (κ2) is 11.9. The molecule has 0 radical (unpaired) electrons. The van der Waals surface area contributed by atoms with Gasteiger partial charge in [-0.2, -0.15) is 5.23 Å². The van der Waals surface area contributed by atoms with Gasteiger partial charge in [0.15, 0.2) is 11.5 Å². The highest BCUT2D eigenvalue weighted by Crippen LogP contribution is 2.37. The Balaban J connectivity index is 1.64. The molecule has 5 N–H and O–H groups in total. The van der Waals surface area contributed by atoms with E-state index in [2.05, 4.69) is 0 Å². The standard InChI is InChI=1S/C24H19N4O12S/c29-25(30)15-1-5-17(6-2-15)39-23-11-9-19(13-21(23)27(33)34)41(37,38)20-10-12-24(22(14-20)28(35)36)40-18-7-3-16(4-8-18)26(31)32/h1-14,27,29,33,35-36H/q-3. The summed E-state index contributed by atoms with van der Waals surface area (Å²) in [4.78, 5) is -0.916. The third kappa shape index (κ3) is 6.62. The third-order valence-corrected chi connectivity index (χ3v) is 7.26. The van der Waals surface area contributed by atoms with Crippen molar-refractivity contribution in [3.63, 3.8) is 0 Å². The molecule has 4 rings (SSSR count). The highest BCUT2D eigenvalue weighted by Gasteiger charge is 2.25. The Morgan fingerprint density at radius 3 is 1.66 bits per heavy atom. The van der Waals surface area contributed by atoms with Gasteiger partial charge in [-0.05, 0) is 78.9 Å². The lowest BCUT2D eigenvalue weighted by Crippen LogP contribution is -2.99. The van der Waals surface area contributed by atoms with Gasteiger partial charge in [-0.25, -0.2) is 13.6 Å². The first-order valence-corrected chi connectivity index (χ1v) is 12.7. The largest absolute Gasteiger partial charge is 0.769 e. The van der Waals surface area contributed by atoms with E-state index < -0.39 is 41.5 Å². The lowest BCUT2D eigenvalue weighted by atomic mass is 10.2. The quantitative estimate of drug-likeness (QED) is 0.167. The van der Waals surface area contributed by atoms with Crippen LogP contribution in [0.25, 0.3) is 0 Å². The summed E-state index contributed by atoms with van der Waals surface area (Å²) >= 11 is 0. The highest BCUT2D eigenvalue weighted by atomic mass is 32.2. The number of ether oxygens (including phenoxy) is 2. The Hall–Kier alpha value is -4.53. The molecular weight excluding hydrogens is 568 g/mol. The van der Waals surface area contributed by atoms with Crippen molar-refractivity contribution in [3.05, 3.63) is 106 Å². The monoisotopic (exact) mass is 587 g/mol. The molecule has 0 bridgehead atoms. The van der Waals surface area contributed by atoms with Gasteiger partial charge in [0.25, 0.3) is 0 Å². The molecule has 216 valence electrons. The molecule has 17 heteroatoms. The maximum Gasteiger partial charge on any atom is 0.208 e. The molecule has 1 atom stereocenters. The fourth-order valence-electron chi connectivity index (χ4n) is 3.51. The van der Waals surface area contributed by atoms with Crippen LogP contribution >= 0.6 is 0 Å². The van der Waals surface area contributed by atoms with Crippen LogP contribution in [0.15, 0.2) is 94.7 Å². The Morgan fingerprint density at radius 1 is 0.683 bits per heavy atom. The number of hydrogen-bond acceptors (Lipinski definition) is 15. The summed E-state index contributed by atoms with van der Waals surface area (Å²) in [5.74, 6) is -0.276. The third-order valence-electron chi connectivity index (χ3n) is 5.51. The number of benzene rings is 4. The van der Waals surface area contributed by atoms with Crippen LogP contribution in [0, 0.1) is 20.8 Å². The average molecular weight is 587 g/mol. The number of rotatable bonds is 10.